The third kappa shape index (κ3) is 2.27. The van der Waals surface area contributed by atoms with Gasteiger partial charge in [0.1, 0.15) is 11.1 Å². The number of nitrogens with zero attached hydrogens (tertiary/aromatic N) is 2. The average molecular weight is 281 g/mol. The molecule has 0 saturated heterocycles. The fraction of sp³-hybridized carbons (Fsp3) is 0.188. The molecule has 3 aromatic rings. The minimum atomic E-state index is -0.905. The maximum Gasteiger partial charge on any atom is 0.227 e. The van der Waals surface area contributed by atoms with Gasteiger partial charge in [0.2, 0.25) is 5.89 Å². The van der Waals surface area contributed by atoms with Gasteiger partial charge < -0.3 is 10.2 Å². The van der Waals surface area contributed by atoms with E-state index in [1.54, 1.807) is 26.0 Å². The number of hydrogen-bond acceptors (Lipinski definition) is 5. The summed E-state index contributed by atoms with van der Waals surface area (Å²) in [5, 5.41) is 3.13. The second-order valence-electron chi connectivity index (χ2n) is 5.44. The monoisotopic (exact) mass is 281 g/mol. The van der Waals surface area contributed by atoms with Crippen molar-refractivity contribution in [2.24, 2.45) is 5.18 Å². The number of nitrogens with two attached hydrogens (primary N) is 1. The Morgan fingerprint density at radius 1 is 1.19 bits per heavy atom. The van der Waals surface area contributed by atoms with Crippen molar-refractivity contribution < 1.29 is 4.42 Å². The highest BCUT2D eigenvalue weighted by Gasteiger charge is 2.25. The zero-order valence-electron chi connectivity index (χ0n) is 11.8. The molecule has 5 nitrogen and oxygen atoms in total. The second kappa shape index (κ2) is 4.70. The topological polar surface area (TPSA) is 81.5 Å². The highest BCUT2D eigenvalue weighted by atomic mass is 16.3. The lowest BCUT2D eigenvalue weighted by Crippen LogP contribution is -2.15. The number of aromatic nitrogens is 1. The van der Waals surface area contributed by atoms with Gasteiger partial charge in [-0.25, -0.2) is 4.98 Å². The minimum absolute atomic E-state index is 0.486. The molecule has 1 heterocycles. The molecule has 0 unspecified atom stereocenters. The molecular formula is C16H15N3O2. The van der Waals surface area contributed by atoms with E-state index in [1.165, 1.54) is 0 Å². The van der Waals surface area contributed by atoms with Gasteiger partial charge in [-0.2, -0.15) is 0 Å². The molecule has 106 valence electrons. The average Bonchev–Trinajstić information content (AvgIpc) is 2.90. The first kappa shape index (κ1) is 13.3. The summed E-state index contributed by atoms with van der Waals surface area (Å²) in [4.78, 5) is 15.4. The molecule has 0 aliphatic carbocycles. The molecule has 0 radical (unpaired) electrons. The molecule has 1 aromatic heterocycles. The van der Waals surface area contributed by atoms with Crippen molar-refractivity contribution >= 4 is 16.8 Å². The number of nitrogen functional groups attached to an aromatic ring is 1. The SMILES string of the molecule is CC(C)(N=O)c1cc2oc(-c3ccccc3)nc2cc1N. The minimum Gasteiger partial charge on any atom is -0.436 e. The first-order valence-electron chi connectivity index (χ1n) is 6.62. The second-order valence-corrected chi connectivity index (χ2v) is 5.44. The zero-order chi connectivity index (χ0) is 15.0. The number of anilines is 1. The normalized spacial score (nSPS) is 11.7. The van der Waals surface area contributed by atoms with E-state index in [0.717, 1.165) is 5.56 Å². The number of hydrogen-bond donors (Lipinski definition) is 1. The number of nitroso groups, excluding NO2 is 1. The van der Waals surface area contributed by atoms with Crippen LogP contribution in [0, 0.1) is 4.91 Å². The van der Waals surface area contributed by atoms with Crippen LogP contribution in [0.15, 0.2) is 52.1 Å². The van der Waals surface area contributed by atoms with Gasteiger partial charge in [-0.15, -0.1) is 4.91 Å². The third-order valence-corrected chi connectivity index (χ3v) is 3.47. The van der Waals surface area contributed by atoms with Crippen LogP contribution in [0.5, 0.6) is 0 Å². The predicted molar refractivity (Wildman–Crippen MR) is 82.7 cm³/mol. The predicted octanol–water partition coefficient (Wildman–Crippen LogP) is 4.08. The van der Waals surface area contributed by atoms with Gasteiger partial charge in [-0.3, -0.25) is 0 Å². The quantitative estimate of drug-likeness (QED) is 0.579. The largest absolute Gasteiger partial charge is 0.436 e. The van der Waals surface area contributed by atoms with Crippen LogP contribution in [0.2, 0.25) is 0 Å². The Kier molecular flexibility index (Phi) is 2.97. The van der Waals surface area contributed by atoms with Gasteiger partial charge in [0, 0.05) is 16.8 Å². The van der Waals surface area contributed by atoms with Crippen molar-refractivity contribution in [3.63, 3.8) is 0 Å². The van der Waals surface area contributed by atoms with E-state index in [-0.39, 0.29) is 0 Å². The van der Waals surface area contributed by atoms with E-state index in [2.05, 4.69) is 10.2 Å². The van der Waals surface area contributed by atoms with E-state index in [1.807, 2.05) is 30.3 Å². The molecule has 0 atom stereocenters. The van der Waals surface area contributed by atoms with Crippen LogP contribution >= 0.6 is 0 Å². The number of oxazole rings is 1. The molecule has 0 saturated carbocycles. The first-order chi connectivity index (χ1) is 10.0. The van der Waals surface area contributed by atoms with Crippen LogP contribution in [0.3, 0.4) is 0 Å². The highest BCUT2D eigenvalue weighted by molar-refractivity contribution is 5.81. The van der Waals surface area contributed by atoms with Crippen molar-refractivity contribution in [3.8, 4) is 11.5 Å². The maximum absolute atomic E-state index is 11.0. The molecule has 5 heteroatoms. The van der Waals surface area contributed by atoms with Crippen LogP contribution in [0.4, 0.5) is 5.69 Å². The van der Waals surface area contributed by atoms with Crippen molar-refractivity contribution in [2.75, 3.05) is 5.73 Å². The van der Waals surface area contributed by atoms with E-state index in [9.17, 15) is 4.91 Å². The molecule has 21 heavy (non-hydrogen) atoms. The van der Waals surface area contributed by atoms with Crippen LogP contribution in [0.25, 0.3) is 22.6 Å². The molecule has 0 aliphatic heterocycles. The Hall–Kier alpha value is -2.69. The lowest BCUT2D eigenvalue weighted by molar-refractivity contribution is 0.552. The van der Waals surface area contributed by atoms with Crippen molar-refractivity contribution in [3.05, 3.63) is 52.9 Å². The molecule has 0 fully saturated rings. The number of fused-ring (bicyclic) bond motifs is 1. The molecule has 2 aromatic carbocycles. The number of rotatable bonds is 3. The molecule has 0 spiro atoms. The fourth-order valence-corrected chi connectivity index (χ4v) is 2.27. The van der Waals surface area contributed by atoms with Gasteiger partial charge in [-0.05, 0) is 38.1 Å². The van der Waals surface area contributed by atoms with Crippen molar-refractivity contribution in [1.82, 2.24) is 4.98 Å². The van der Waals surface area contributed by atoms with Gasteiger partial charge in [0.25, 0.3) is 0 Å². The summed E-state index contributed by atoms with van der Waals surface area (Å²) in [5.74, 6) is 0.527. The van der Waals surface area contributed by atoms with Crippen LogP contribution in [-0.2, 0) is 5.54 Å². The standard InChI is InChI=1S/C16H15N3O2/c1-16(2,19-20)11-8-14-13(9-12(11)17)18-15(21-14)10-6-4-3-5-7-10/h3-9H,17H2,1-2H3. The lowest BCUT2D eigenvalue weighted by atomic mass is 9.93. The Morgan fingerprint density at radius 2 is 1.90 bits per heavy atom. The van der Waals surface area contributed by atoms with Crippen molar-refractivity contribution in [1.29, 1.82) is 0 Å². The molecule has 2 N–H and O–H groups in total. The van der Waals surface area contributed by atoms with Gasteiger partial charge in [0.15, 0.2) is 5.58 Å². The van der Waals surface area contributed by atoms with Gasteiger partial charge >= 0.3 is 0 Å². The summed E-state index contributed by atoms with van der Waals surface area (Å²) in [6.07, 6.45) is 0. The third-order valence-electron chi connectivity index (χ3n) is 3.47. The van der Waals surface area contributed by atoms with Gasteiger partial charge in [-0.1, -0.05) is 23.4 Å². The summed E-state index contributed by atoms with van der Waals surface area (Å²) in [6.45, 7) is 3.43. The van der Waals surface area contributed by atoms with E-state index in [0.29, 0.717) is 28.2 Å². The van der Waals surface area contributed by atoms with Crippen LogP contribution < -0.4 is 5.73 Å². The summed E-state index contributed by atoms with van der Waals surface area (Å²) in [5.41, 5.74) is 8.38. The Labute approximate surface area is 121 Å². The molecular weight excluding hydrogens is 266 g/mol. The molecule has 0 aliphatic rings. The van der Waals surface area contributed by atoms with E-state index in [4.69, 9.17) is 10.2 Å². The van der Waals surface area contributed by atoms with Gasteiger partial charge in [0.05, 0.1) is 0 Å². The maximum atomic E-state index is 11.0. The number of benzene rings is 2. The van der Waals surface area contributed by atoms with Crippen LogP contribution in [0.1, 0.15) is 19.4 Å². The Bertz CT molecular complexity index is 807. The summed E-state index contributed by atoms with van der Waals surface area (Å²) in [6, 6.07) is 13.1. The van der Waals surface area contributed by atoms with E-state index >= 15 is 0 Å². The smallest absolute Gasteiger partial charge is 0.227 e. The molecule has 0 amide bonds. The summed E-state index contributed by atoms with van der Waals surface area (Å²) >= 11 is 0. The highest BCUT2D eigenvalue weighted by Crippen LogP contribution is 2.34. The lowest BCUT2D eigenvalue weighted by Gasteiger charge is -2.17. The summed E-state index contributed by atoms with van der Waals surface area (Å²) < 4.78 is 5.78. The summed E-state index contributed by atoms with van der Waals surface area (Å²) in [7, 11) is 0. The molecule has 3 rings (SSSR count). The Balaban J connectivity index is 2.17. The fourth-order valence-electron chi connectivity index (χ4n) is 2.27. The zero-order valence-corrected chi connectivity index (χ0v) is 11.8. The Morgan fingerprint density at radius 3 is 2.57 bits per heavy atom. The van der Waals surface area contributed by atoms with E-state index < -0.39 is 5.54 Å². The molecule has 0 bridgehead atoms. The first-order valence-corrected chi connectivity index (χ1v) is 6.62. The van der Waals surface area contributed by atoms with Crippen molar-refractivity contribution in [2.45, 2.75) is 19.4 Å². The van der Waals surface area contributed by atoms with Crippen LogP contribution in [-0.4, -0.2) is 4.98 Å².